The number of benzene rings is 1. The van der Waals surface area contributed by atoms with Crippen molar-refractivity contribution in [1.29, 1.82) is 0 Å². The smallest absolute Gasteiger partial charge is 0.244 e. The fraction of sp³-hybridized carbons (Fsp3) is 0.333. The van der Waals surface area contributed by atoms with E-state index in [-0.39, 0.29) is 5.12 Å². The second kappa shape index (κ2) is 8.08. The molecule has 7 heteroatoms. The second-order valence-corrected chi connectivity index (χ2v) is 7.51. The number of aliphatic imine (C=N–C) groups is 1. The first-order valence-corrected chi connectivity index (χ1v) is 9.34. The number of hydrogen-bond acceptors (Lipinski definition) is 6. The summed E-state index contributed by atoms with van der Waals surface area (Å²) < 4.78 is 12.5. The predicted octanol–water partition coefficient (Wildman–Crippen LogP) is 4.58. The van der Waals surface area contributed by atoms with Crippen molar-refractivity contribution in [3.8, 4) is 11.5 Å². The highest BCUT2D eigenvalue weighted by atomic mass is 79.9. The van der Waals surface area contributed by atoms with Crippen molar-refractivity contribution >= 4 is 55.0 Å². The van der Waals surface area contributed by atoms with Crippen molar-refractivity contribution in [2.45, 2.75) is 13.8 Å². The third-order valence-corrected chi connectivity index (χ3v) is 5.32. The predicted molar refractivity (Wildman–Crippen MR) is 98.0 cm³/mol. The van der Waals surface area contributed by atoms with Crippen LogP contribution in [0.2, 0.25) is 0 Å². The van der Waals surface area contributed by atoms with Crippen molar-refractivity contribution in [3.05, 3.63) is 27.9 Å². The summed E-state index contributed by atoms with van der Waals surface area (Å²) in [6.45, 7) is 4.49. The monoisotopic (exact) mass is 401 g/mol. The molecule has 0 bridgehead atoms. The van der Waals surface area contributed by atoms with Gasteiger partial charge in [-0.2, -0.15) is 0 Å². The van der Waals surface area contributed by atoms with E-state index in [0.717, 1.165) is 20.2 Å². The van der Waals surface area contributed by atoms with Gasteiger partial charge in [-0.3, -0.25) is 4.79 Å². The normalized spacial score (nSPS) is 16.1. The van der Waals surface area contributed by atoms with Gasteiger partial charge in [0.05, 0.1) is 13.7 Å². The summed E-state index contributed by atoms with van der Waals surface area (Å²) in [5, 5.41) is -0.0309. The minimum atomic E-state index is -0.0309. The van der Waals surface area contributed by atoms with Crippen LogP contribution in [0.3, 0.4) is 0 Å². The molecule has 1 aliphatic rings. The van der Waals surface area contributed by atoms with Crippen molar-refractivity contribution in [2.24, 2.45) is 4.99 Å². The van der Waals surface area contributed by atoms with Gasteiger partial charge in [0, 0.05) is 4.47 Å². The molecule has 0 saturated heterocycles. The molecule has 2 rings (SSSR count). The third kappa shape index (κ3) is 4.08. The van der Waals surface area contributed by atoms with Crippen molar-refractivity contribution in [1.82, 2.24) is 0 Å². The maximum absolute atomic E-state index is 12.0. The van der Waals surface area contributed by atoms with Gasteiger partial charge >= 0.3 is 0 Å². The zero-order chi connectivity index (χ0) is 16.1. The second-order valence-electron chi connectivity index (χ2n) is 4.19. The minimum absolute atomic E-state index is 0.0309. The maximum Gasteiger partial charge on any atom is 0.244 e. The SMILES string of the molecule is CCOc1cc(/C=C2/N=C(SCC)SC2=O)c(Br)cc1OC. The number of carbonyl (C=O) groups excluding carboxylic acids is 1. The van der Waals surface area contributed by atoms with Crippen LogP contribution in [0.4, 0.5) is 0 Å². The molecule has 0 radical (unpaired) electrons. The molecule has 1 heterocycles. The molecule has 118 valence electrons. The van der Waals surface area contributed by atoms with Crippen LogP contribution < -0.4 is 9.47 Å². The summed E-state index contributed by atoms with van der Waals surface area (Å²) in [4.78, 5) is 16.4. The third-order valence-electron chi connectivity index (χ3n) is 2.74. The van der Waals surface area contributed by atoms with E-state index in [0.29, 0.717) is 23.8 Å². The Hall–Kier alpha value is -0.920. The highest BCUT2D eigenvalue weighted by molar-refractivity contribution is 9.10. The number of thioether (sulfide) groups is 2. The van der Waals surface area contributed by atoms with Gasteiger partial charge in [-0.1, -0.05) is 34.6 Å². The molecule has 22 heavy (non-hydrogen) atoms. The Kier molecular flexibility index (Phi) is 6.40. The molecule has 0 aromatic heterocycles. The lowest BCUT2D eigenvalue weighted by Gasteiger charge is -2.11. The van der Waals surface area contributed by atoms with Gasteiger partial charge < -0.3 is 9.47 Å². The fourth-order valence-electron chi connectivity index (χ4n) is 1.81. The lowest BCUT2D eigenvalue weighted by molar-refractivity contribution is -0.107. The lowest BCUT2D eigenvalue weighted by atomic mass is 10.1. The molecule has 0 fully saturated rings. The first kappa shape index (κ1) is 17.4. The molecule has 4 nitrogen and oxygen atoms in total. The Labute approximate surface area is 146 Å². The summed E-state index contributed by atoms with van der Waals surface area (Å²) in [5.41, 5.74) is 1.29. The minimum Gasteiger partial charge on any atom is -0.493 e. The molecule has 0 saturated carbocycles. The molecule has 1 aromatic carbocycles. The Morgan fingerprint density at radius 3 is 2.77 bits per heavy atom. The first-order chi connectivity index (χ1) is 10.6. The van der Waals surface area contributed by atoms with E-state index in [1.54, 1.807) is 24.9 Å². The van der Waals surface area contributed by atoms with Gasteiger partial charge in [-0.15, -0.1) is 0 Å². The Bertz CT molecular complexity index is 644. The van der Waals surface area contributed by atoms with Crippen LogP contribution in [0, 0.1) is 0 Å². The summed E-state index contributed by atoms with van der Waals surface area (Å²) in [7, 11) is 1.60. The van der Waals surface area contributed by atoms with E-state index in [4.69, 9.17) is 9.47 Å². The van der Waals surface area contributed by atoms with Crippen LogP contribution in [0.25, 0.3) is 6.08 Å². The number of methoxy groups -OCH3 is 1. The fourth-order valence-corrected chi connectivity index (χ4v) is 3.99. The van der Waals surface area contributed by atoms with Crippen LogP contribution >= 0.6 is 39.5 Å². The lowest BCUT2D eigenvalue weighted by Crippen LogP contribution is -1.97. The van der Waals surface area contributed by atoms with E-state index < -0.39 is 0 Å². The summed E-state index contributed by atoms with van der Waals surface area (Å²) in [5.74, 6) is 2.19. The van der Waals surface area contributed by atoms with Gasteiger partial charge in [0.15, 0.2) is 11.5 Å². The molecule has 0 aliphatic carbocycles. The average Bonchev–Trinajstić information content (AvgIpc) is 2.82. The van der Waals surface area contributed by atoms with Crippen LogP contribution in [-0.2, 0) is 4.79 Å². The quantitative estimate of drug-likeness (QED) is 0.675. The van der Waals surface area contributed by atoms with E-state index in [1.165, 1.54) is 11.8 Å². The van der Waals surface area contributed by atoms with Crippen molar-refractivity contribution < 1.29 is 14.3 Å². The number of rotatable bonds is 5. The zero-order valence-corrected chi connectivity index (χ0v) is 15.7. The van der Waals surface area contributed by atoms with Gasteiger partial charge in [0.1, 0.15) is 10.1 Å². The van der Waals surface area contributed by atoms with Crippen LogP contribution in [-0.4, -0.2) is 29.0 Å². The molecule has 0 N–H and O–H groups in total. The van der Waals surface area contributed by atoms with Gasteiger partial charge in [-0.25, -0.2) is 4.99 Å². The topological polar surface area (TPSA) is 47.9 Å². The largest absolute Gasteiger partial charge is 0.493 e. The molecular formula is C15H16BrNO3S2. The maximum atomic E-state index is 12.0. The number of ether oxygens (including phenoxy) is 2. The number of hydrogen-bond donors (Lipinski definition) is 0. The van der Waals surface area contributed by atoms with Gasteiger partial charge in [0.25, 0.3) is 0 Å². The van der Waals surface area contributed by atoms with Gasteiger partial charge in [0.2, 0.25) is 5.12 Å². The average molecular weight is 402 g/mol. The van der Waals surface area contributed by atoms with E-state index in [9.17, 15) is 4.79 Å². The Morgan fingerprint density at radius 2 is 2.14 bits per heavy atom. The summed E-state index contributed by atoms with van der Waals surface area (Å²) >= 11 is 6.25. The summed E-state index contributed by atoms with van der Waals surface area (Å²) in [6, 6.07) is 3.67. The van der Waals surface area contributed by atoms with Crippen LogP contribution in [0.1, 0.15) is 19.4 Å². The van der Waals surface area contributed by atoms with Crippen molar-refractivity contribution in [3.63, 3.8) is 0 Å². The molecule has 0 unspecified atom stereocenters. The molecule has 0 atom stereocenters. The van der Waals surface area contributed by atoms with Crippen LogP contribution in [0.15, 0.2) is 27.3 Å². The molecule has 0 amide bonds. The van der Waals surface area contributed by atoms with Crippen LogP contribution in [0.5, 0.6) is 11.5 Å². The summed E-state index contributed by atoms with van der Waals surface area (Å²) in [6.07, 6.45) is 1.77. The molecular weight excluding hydrogens is 386 g/mol. The van der Waals surface area contributed by atoms with Crippen molar-refractivity contribution in [2.75, 3.05) is 19.5 Å². The standard InChI is InChI=1S/C15H16BrNO3S2/c1-4-20-13-7-9(10(16)8-12(13)19-3)6-11-14(18)22-15(17-11)21-5-2/h6-8H,4-5H2,1-3H3/b11-6+. The zero-order valence-electron chi connectivity index (χ0n) is 12.5. The van der Waals surface area contributed by atoms with Gasteiger partial charge in [-0.05, 0) is 48.2 Å². The van der Waals surface area contributed by atoms with E-state index in [2.05, 4.69) is 20.9 Å². The highest BCUT2D eigenvalue weighted by Crippen LogP contribution is 2.36. The Balaban J connectivity index is 2.38. The van der Waals surface area contributed by atoms with E-state index in [1.807, 2.05) is 26.0 Å². The number of nitrogens with zero attached hydrogens (tertiary/aromatic N) is 1. The Morgan fingerprint density at radius 1 is 1.36 bits per heavy atom. The first-order valence-electron chi connectivity index (χ1n) is 6.74. The highest BCUT2D eigenvalue weighted by Gasteiger charge is 2.22. The number of halogens is 1. The molecule has 1 aromatic rings. The molecule has 0 spiro atoms. The molecule has 1 aliphatic heterocycles. The van der Waals surface area contributed by atoms with E-state index >= 15 is 0 Å². The number of carbonyl (C=O) groups is 1.